The molecule has 0 spiro atoms. The average molecular weight is 383 g/mol. The molecular formula is C20H23ClN6. The number of piperazine rings is 1. The molecule has 0 saturated carbocycles. The molecule has 2 aromatic heterocycles. The Morgan fingerprint density at radius 2 is 1.67 bits per heavy atom. The maximum atomic E-state index is 5.97. The van der Waals surface area contributed by atoms with Crippen molar-refractivity contribution in [1.82, 2.24) is 24.6 Å². The molecule has 0 bridgehead atoms. The third kappa shape index (κ3) is 4.12. The maximum absolute atomic E-state index is 5.97. The van der Waals surface area contributed by atoms with Gasteiger partial charge in [-0.2, -0.15) is 5.10 Å². The van der Waals surface area contributed by atoms with Crippen LogP contribution < -0.4 is 4.90 Å². The first-order chi connectivity index (χ1) is 13.1. The number of anilines is 1. The lowest BCUT2D eigenvalue weighted by atomic mass is 10.2. The Labute approximate surface area is 164 Å². The molecule has 1 aliphatic rings. The summed E-state index contributed by atoms with van der Waals surface area (Å²) in [4.78, 5) is 13.9. The predicted molar refractivity (Wildman–Crippen MR) is 108 cm³/mol. The van der Waals surface area contributed by atoms with Crippen LogP contribution in [0.4, 0.5) is 5.82 Å². The minimum absolute atomic E-state index is 0.765. The summed E-state index contributed by atoms with van der Waals surface area (Å²) in [5.41, 5.74) is 3.33. The number of aromatic nitrogens is 4. The van der Waals surface area contributed by atoms with Crippen molar-refractivity contribution in [3.05, 3.63) is 64.7 Å². The SMILES string of the molecule is Cc1cc(C)n(-c2cncc(N3CCN(Cc4ccc(Cl)cc4)CC3)n2)n1. The van der Waals surface area contributed by atoms with E-state index in [-0.39, 0.29) is 0 Å². The molecule has 7 heteroatoms. The summed E-state index contributed by atoms with van der Waals surface area (Å²) >= 11 is 5.97. The van der Waals surface area contributed by atoms with Gasteiger partial charge in [-0.25, -0.2) is 9.67 Å². The van der Waals surface area contributed by atoms with E-state index in [1.54, 1.807) is 6.20 Å². The molecule has 4 rings (SSSR count). The summed E-state index contributed by atoms with van der Waals surface area (Å²) in [6.07, 6.45) is 3.60. The van der Waals surface area contributed by atoms with Crippen LogP contribution in [0.2, 0.25) is 5.02 Å². The highest BCUT2D eigenvalue weighted by atomic mass is 35.5. The Kier molecular flexibility index (Phi) is 5.09. The van der Waals surface area contributed by atoms with Crippen LogP contribution in [0, 0.1) is 13.8 Å². The van der Waals surface area contributed by atoms with E-state index in [4.69, 9.17) is 16.6 Å². The molecule has 1 saturated heterocycles. The molecule has 0 N–H and O–H groups in total. The maximum Gasteiger partial charge on any atom is 0.174 e. The topological polar surface area (TPSA) is 50.1 Å². The lowest BCUT2D eigenvalue weighted by Gasteiger charge is -2.35. The Morgan fingerprint density at radius 1 is 0.963 bits per heavy atom. The molecular weight excluding hydrogens is 360 g/mol. The Hall–Kier alpha value is -2.44. The van der Waals surface area contributed by atoms with E-state index in [9.17, 15) is 0 Å². The van der Waals surface area contributed by atoms with Crippen LogP contribution in [0.1, 0.15) is 17.0 Å². The quantitative estimate of drug-likeness (QED) is 0.693. The van der Waals surface area contributed by atoms with Crippen molar-refractivity contribution >= 4 is 17.4 Å². The minimum atomic E-state index is 0.765. The summed E-state index contributed by atoms with van der Waals surface area (Å²) in [6, 6.07) is 10.1. The summed E-state index contributed by atoms with van der Waals surface area (Å²) in [6.45, 7) is 8.82. The van der Waals surface area contributed by atoms with Gasteiger partial charge in [-0.05, 0) is 37.6 Å². The lowest BCUT2D eigenvalue weighted by Crippen LogP contribution is -2.46. The van der Waals surface area contributed by atoms with Crippen LogP contribution in [-0.2, 0) is 6.54 Å². The van der Waals surface area contributed by atoms with E-state index < -0.39 is 0 Å². The molecule has 27 heavy (non-hydrogen) atoms. The van der Waals surface area contributed by atoms with Gasteiger partial charge in [0.25, 0.3) is 0 Å². The normalized spacial score (nSPS) is 15.3. The van der Waals surface area contributed by atoms with Gasteiger partial charge in [-0.1, -0.05) is 23.7 Å². The van der Waals surface area contributed by atoms with E-state index in [1.165, 1.54) is 5.56 Å². The molecule has 0 unspecified atom stereocenters. The first-order valence-electron chi connectivity index (χ1n) is 9.16. The fraction of sp³-hybridized carbons (Fsp3) is 0.350. The van der Waals surface area contributed by atoms with Gasteiger partial charge in [-0.15, -0.1) is 0 Å². The predicted octanol–water partition coefficient (Wildman–Crippen LogP) is 3.25. The van der Waals surface area contributed by atoms with Gasteiger partial charge in [0.05, 0.1) is 18.1 Å². The van der Waals surface area contributed by atoms with E-state index in [0.717, 1.165) is 60.8 Å². The van der Waals surface area contributed by atoms with Crippen LogP contribution in [-0.4, -0.2) is 50.8 Å². The van der Waals surface area contributed by atoms with Gasteiger partial charge >= 0.3 is 0 Å². The summed E-state index contributed by atoms with van der Waals surface area (Å²) in [5.74, 6) is 1.67. The minimum Gasteiger partial charge on any atom is -0.353 e. The van der Waals surface area contributed by atoms with Gasteiger partial charge in [0.1, 0.15) is 5.82 Å². The molecule has 1 aliphatic heterocycles. The van der Waals surface area contributed by atoms with Crippen LogP contribution in [0.15, 0.2) is 42.7 Å². The van der Waals surface area contributed by atoms with Crippen LogP contribution >= 0.6 is 11.6 Å². The Morgan fingerprint density at radius 3 is 2.33 bits per heavy atom. The number of hydrogen-bond acceptors (Lipinski definition) is 5. The van der Waals surface area contributed by atoms with E-state index in [0.29, 0.717) is 0 Å². The van der Waals surface area contributed by atoms with Crippen molar-refractivity contribution in [2.45, 2.75) is 20.4 Å². The molecule has 0 amide bonds. The fourth-order valence-corrected chi connectivity index (χ4v) is 3.57. The average Bonchev–Trinajstić information content (AvgIpc) is 3.02. The summed E-state index contributed by atoms with van der Waals surface area (Å²) in [7, 11) is 0. The third-order valence-electron chi connectivity index (χ3n) is 4.85. The monoisotopic (exact) mass is 382 g/mol. The lowest BCUT2D eigenvalue weighted by molar-refractivity contribution is 0.249. The van der Waals surface area contributed by atoms with Gasteiger partial charge in [0.2, 0.25) is 0 Å². The van der Waals surface area contributed by atoms with E-state index >= 15 is 0 Å². The van der Waals surface area contributed by atoms with Crippen LogP contribution in [0.25, 0.3) is 5.82 Å². The first-order valence-corrected chi connectivity index (χ1v) is 9.54. The largest absolute Gasteiger partial charge is 0.353 e. The highest BCUT2D eigenvalue weighted by Gasteiger charge is 2.19. The molecule has 0 aliphatic carbocycles. The summed E-state index contributed by atoms with van der Waals surface area (Å²) in [5, 5.41) is 5.29. The zero-order valence-corrected chi connectivity index (χ0v) is 16.4. The fourth-order valence-electron chi connectivity index (χ4n) is 3.44. The van der Waals surface area contributed by atoms with Crippen LogP contribution in [0.5, 0.6) is 0 Å². The first kappa shape index (κ1) is 17.9. The van der Waals surface area contributed by atoms with Crippen molar-refractivity contribution < 1.29 is 0 Å². The molecule has 3 heterocycles. The smallest absolute Gasteiger partial charge is 0.174 e. The second-order valence-corrected chi connectivity index (χ2v) is 7.40. The number of benzene rings is 1. The standard InChI is InChI=1S/C20H23ClN6/c1-15-11-16(2)27(24-15)20-13-22-12-19(23-20)26-9-7-25(8-10-26)14-17-3-5-18(21)6-4-17/h3-6,11-13H,7-10,14H2,1-2H3. The van der Waals surface area contributed by atoms with E-state index in [2.05, 4.69) is 32.0 Å². The molecule has 0 atom stereocenters. The number of aryl methyl sites for hydroxylation is 2. The van der Waals surface area contributed by atoms with Gasteiger partial charge in [0.15, 0.2) is 5.82 Å². The van der Waals surface area contributed by atoms with Gasteiger partial charge in [-0.3, -0.25) is 9.88 Å². The second-order valence-electron chi connectivity index (χ2n) is 6.96. The molecule has 6 nitrogen and oxygen atoms in total. The third-order valence-corrected chi connectivity index (χ3v) is 5.10. The number of hydrogen-bond donors (Lipinski definition) is 0. The van der Waals surface area contributed by atoms with Crippen molar-refractivity contribution in [3.63, 3.8) is 0 Å². The zero-order chi connectivity index (χ0) is 18.8. The number of halogens is 1. The number of rotatable bonds is 4. The second kappa shape index (κ2) is 7.66. The highest BCUT2D eigenvalue weighted by Crippen LogP contribution is 2.18. The Bertz CT molecular complexity index is 912. The molecule has 1 aromatic carbocycles. The van der Waals surface area contributed by atoms with Gasteiger partial charge < -0.3 is 4.90 Å². The molecule has 140 valence electrons. The Balaban J connectivity index is 1.41. The zero-order valence-electron chi connectivity index (χ0n) is 15.6. The van der Waals surface area contributed by atoms with Crippen LogP contribution in [0.3, 0.4) is 0 Å². The van der Waals surface area contributed by atoms with Crippen molar-refractivity contribution in [2.24, 2.45) is 0 Å². The van der Waals surface area contributed by atoms with Crippen molar-refractivity contribution in [3.8, 4) is 5.82 Å². The van der Waals surface area contributed by atoms with Crippen molar-refractivity contribution in [1.29, 1.82) is 0 Å². The molecule has 0 radical (unpaired) electrons. The molecule has 1 fully saturated rings. The highest BCUT2D eigenvalue weighted by molar-refractivity contribution is 6.30. The molecule has 3 aromatic rings. The number of nitrogens with zero attached hydrogens (tertiary/aromatic N) is 6. The summed E-state index contributed by atoms with van der Waals surface area (Å²) < 4.78 is 1.85. The van der Waals surface area contributed by atoms with Gasteiger partial charge in [0, 0.05) is 43.4 Å². The van der Waals surface area contributed by atoms with Crippen molar-refractivity contribution in [2.75, 3.05) is 31.1 Å². The van der Waals surface area contributed by atoms with E-state index in [1.807, 2.05) is 42.9 Å².